The van der Waals surface area contributed by atoms with E-state index in [4.69, 9.17) is 9.25 Å². The van der Waals surface area contributed by atoms with Crippen LogP contribution in [0.3, 0.4) is 0 Å². The van der Waals surface area contributed by atoms with E-state index in [0.29, 0.717) is 23.3 Å². The predicted octanol–water partition coefficient (Wildman–Crippen LogP) is 3.72. The molecule has 0 fully saturated rings. The van der Waals surface area contributed by atoms with E-state index >= 15 is 0 Å². The molecule has 1 atom stereocenters. The van der Waals surface area contributed by atoms with Gasteiger partial charge in [0, 0.05) is 16.7 Å². The van der Waals surface area contributed by atoms with E-state index in [2.05, 4.69) is 5.16 Å². The fourth-order valence-electron chi connectivity index (χ4n) is 2.43. The molecule has 1 aromatic carbocycles. The topological polar surface area (TPSA) is 51.8 Å². The quantitative estimate of drug-likeness (QED) is 0.677. The highest BCUT2D eigenvalue weighted by atomic mass is 32.1. The highest BCUT2D eigenvalue weighted by Crippen LogP contribution is 2.31. The highest BCUT2D eigenvalue weighted by Gasteiger charge is 2.26. The van der Waals surface area contributed by atoms with E-state index in [0.717, 1.165) is 10.3 Å². The van der Waals surface area contributed by atoms with Crippen LogP contribution < -0.4 is 5.63 Å². The molecule has 0 radical (unpaired) electrons. The molecule has 4 rings (SSSR count). The number of nitrogens with zero attached hydrogens (tertiary/aromatic N) is 1. The molecule has 4 nitrogen and oxygen atoms in total. The summed E-state index contributed by atoms with van der Waals surface area (Å²) in [6.45, 7) is 0. The van der Waals surface area contributed by atoms with Crippen molar-refractivity contribution in [3.05, 3.63) is 68.7 Å². The predicted molar refractivity (Wildman–Crippen MR) is 81.8 cm³/mol. The normalized spacial score (nSPS) is 17.7. The first-order chi connectivity index (χ1) is 10.3. The molecule has 3 heterocycles. The molecule has 1 aliphatic heterocycles. The number of para-hydroxylation sites is 1. The lowest BCUT2D eigenvalue weighted by Crippen LogP contribution is -2.13. The van der Waals surface area contributed by atoms with E-state index in [1.54, 1.807) is 17.4 Å². The Morgan fingerprint density at radius 2 is 2.10 bits per heavy atom. The molecular formula is C16H11NO3S. The van der Waals surface area contributed by atoms with Crippen molar-refractivity contribution in [3.63, 3.8) is 0 Å². The van der Waals surface area contributed by atoms with E-state index in [1.807, 2.05) is 41.8 Å². The third-order valence-electron chi connectivity index (χ3n) is 3.48. The van der Waals surface area contributed by atoms with Crippen molar-refractivity contribution in [2.45, 2.75) is 12.5 Å². The number of benzene rings is 1. The van der Waals surface area contributed by atoms with Gasteiger partial charge in [0.1, 0.15) is 5.58 Å². The molecule has 0 amide bonds. The van der Waals surface area contributed by atoms with Crippen molar-refractivity contribution in [1.82, 2.24) is 0 Å². The molecule has 104 valence electrons. The third kappa shape index (κ3) is 2.15. The van der Waals surface area contributed by atoms with E-state index in [9.17, 15) is 4.79 Å². The van der Waals surface area contributed by atoms with Gasteiger partial charge in [-0.3, -0.25) is 0 Å². The lowest BCUT2D eigenvalue weighted by molar-refractivity contribution is 0.0883. The zero-order chi connectivity index (χ0) is 14.2. The maximum absolute atomic E-state index is 12.1. The summed E-state index contributed by atoms with van der Waals surface area (Å²) in [5.41, 5.74) is 1.34. The first kappa shape index (κ1) is 12.3. The number of oxime groups is 1. The summed E-state index contributed by atoms with van der Waals surface area (Å²) in [5.74, 6) is 0. The summed E-state index contributed by atoms with van der Waals surface area (Å²) in [6.07, 6.45) is 0.481. The van der Waals surface area contributed by atoms with Crippen LogP contribution in [0.2, 0.25) is 0 Å². The SMILES string of the molecule is O=c1oc2ccccc2cc1C1=NO[C@H](c2cccs2)C1. The van der Waals surface area contributed by atoms with Crippen molar-refractivity contribution in [2.75, 3.05) is 0 Å². The van der Waals surface area contributed by atoms with Gasteiger partial charge in [0.25, 0.3) is 0 Å². The van der Waals surface area contributed by atoms with Gasteiger partial charge in [-0.25, -0.2) is 4.79 Å². The van der Waals surface area contributed by atoms with Crippen LogP contribution >= 0.6 is 11.3 Å². The van der Waals surface area contributed by atoms with Gasteiger partial charge in [0.05, 0.1) is 11.3 Å². The van der Waals surface area contributed by atoms with Gasteiger partial charge in [-0.2, -0.15) is 0 Å². The fraction of sp³-hybridized carbons (Fsp3) is 0.125. The Kier molecular flexibility index (Phi) is 2.86. The van der Waals surface area contributed by atoms with E-state index in [1.165, 1.54) is 0 Å². The Morgan fingerprint density at radius 1 is 1.19 bits per heavy atom. The first-order valence-corrected chi connectivity index (χ1v) is 7.48. The second-order valence-corrected chi connectivity index (χ2v) is 5.82. The maximum atomic E-state index is 12.1. The summed E-state index contributed by atoms with van der Waals surface area (Å²) >= 11 is 1.62. The van der Waals surface area contributed by atoms with Crippen LogP contribution in [0.4, 0.5) is 0 Å². The van der Waals surface area contributed by atoms with Gasteiger partial charge in [-0.05, 0) is 23.6 Å². The van der Waals surface area contributed by atoms with Gasteiger partial charge in [-0.1, -0.05) is 29.4 Å². The van der Waals surface area contributed by atoms with Gasteiger partial charge in [0.2, 0.25) is 0 Å². The zero-order valence-corrected chi connectivity index (χ0v) is 11.8. The van der Waals surface area contributed by atoms with Crippen LogP contribution in [0.25, 0.3) is 11.0 Å². The van der Waals surface area contributed by atoms with Gasteiger partial charge in [-0.15, -0.1) is 11.3 Å². The Morgan fingerprint density at radius 3 is 2.95 bits per heavy atom. The Hall–Kier alpha value is -2.40. The van der Waals surface area contributed by atoms with E-state index < -0.39 is 0 Å². The molecule has 0 aliphatic carbocycles. The summed E-state index contributed by atoms with van der Waals surface area (Å²) in [6, 6.07) is 13.3. The van der Waals surface area contributed by atoms with Crippen LogP contribution in [0.1, 0.15) is 23.0 Å². The monoisotopic (exact) mass is 297 g/mol. The first-order valence-electron chi connectivity index (χ1n) is 6.60. The second-order valence-electron chi connectivity index (χ2n) is 4.84. The number of thiophene rings is 1. The molecule has 0 bridgehead atoms. The zero-order valence-electron chi connectivity index (χ0n) is 11.0. The Balaban J connectivity index is 1.71. The molecule has 0 unspecified atom stereocenters. The summed E-state index contributed by atoms with van der Waals surface area (Å²) in [5, 5.41) is 6.96. The molecule has 0 saturated carbocycles. The molecule has 3 aromatic rings. The second kappa shape index (κ2) is 4.86. The van der Waals surface area contributed by atoms with Gasteiger partial charge >= 0.3 is 5.63 Å². The number of rotatable bonds is 2. The summed E-state index contributed by atoms with van der Waals surface area (Å²) < 4.78 is 5.34. The van der Waals surface area contributed by atoms with E-state index in [-0.39, 0.29) is 11.7 Å². The molecule has 1 aliphatic rings. The van der Waals surface area contributed by atoms with Crippen LogP contribution in [0.5, 0.6) is 0 Å². The number of hydrogen-bond acceptors (Lipinski definition) is 5. The van der Waals surface area contributed by atoms with Crippen molar-refractivity contribution >= 4 is 28.0 Å². The largest absolute Gasteiger partial charge is 0.422 e. The smallest absolute Gasteiger partial charge is 0.345 e. The van der Waals surface area contributed by atoms with Gasteiger partial charge < -0.3 is 9.25 Å². The minimum atomic E-state index is -0.372. The maximum Gasteiger partial charge on any atom is 0.345 e. The molecule has 0 saturated heterocycles. The lowest BCUT2D eigenvalue weighted by atomic mass is 10.0. The fourth-order valence-corrected chi connectivity index (χ4v) is 3.18. The molecule has 2 aromatic heterocycles. The summed E-state index contributed by atoms with van der Waals surface area (Å²) in [4.78, 5) is 18.7. The van der Waals surface area contributed by atoms with Crippen LogP contribution in [-0.4, -0.2) is 5.71 Å². The van der Waals surface area contributed by atoms with Crippen molar-refractivity contribution in [3.8, 4) is 0 Å². The van der Waals surface area contributed by atoms with Crippen molar-refractivity contribution in [2.24, 2.45) is 5.16 Å². The van der Waals surface area contributed by atoms with Crippen LogP contribution in [-0.2, 0) is 4.84 Å². The van der Waals surface area contributed by atoms with Crippen LogP contribution in [0, 0.1) is 0 Å². The van der Waals surface area contributed by atoms with Crippen LogP contribution in [0.15, 0.2) is 62.2 Å². The standard InChI is InChI=1S/C16H11NO3S/c18-16-11(8-10-4-1-2-5-13(10)19-16)12-9-14(20-17-12)15-6-3-7-21-15/h1-8,14H,9H2/t14-/m0/s1. The average Bonchev–Trinajstić information content (AvgIpc) is 3.17. The van der Waals surface area contributed by atoms with Crippen molar-refractivity contribution in [1.29, 1.82) is 0 Å². The number of hydrogen-bond donors (Lipinski definition) is 0. The van der Waals surface area contributed by atoms with Gasteiger partial charge in [0.15, 0.2) is 6.10 Å². The lowest BCUT2D eigenvalue weighted by Gasteiger charge is -2.04. The van der Waals surface area contributed by atoms with Crippen molar-refractivity contribution < 1.29 is 9.25 Å². The minimum absolute atomic E-state index is 0.106. The molecule has 21 heavy (non-hydrogen) atoms. The molecule has 5 heteroatoms. The third-order valence-corrected chi connectivity index (χ3v) is 4.45. The average molecular weight is 297 g/mol. The molecule has 0 N–H and O–H groups in total. The molecule has 0 spiro atoms. The summed E-state index contributed by atoms with van der Waals surface area (Å²) in [7, 11) is 0. The number of fused-ring (bicyclic) bond motifs is 1. The molecular weight excluding hydrogens is 286 g/mol. The Bertz CT molecular complexity index is 880. The highest BCUT2D eigenvalue weighted by molar-refractivity contribution is 7.10. The minimum Gasteiger partial charge on any atom is -0.422 e. The Labute approximate surface area is 124 Å².